The highest BCUT2D eigenvalue weighted by Gasteiger charge is 2.06. The van der Waals surface area contributed by atoms with Gasteiger partial charge in [-0.3, -0.25) is 0 Å². The van der Waals surface area contributed by atoms with Gasteiger partial charge in [0.15, 0.2) is 0 Å². The van der Waals surface area contributed by atoms with Crippen LogP contribution in [0.15, 0.2) is 29.2 Å². The van der Waals surface area contributed by atoms with E-state index in [1.165, 1.54) is 231 Å². The van der Waals surface area contributed by atoms with Crippen LogP contribution in [-0.2, 0) is 10.1 Å². The Bertz CT molecular complexity index is 1020. The first-order valence-electron chi connectivity index (χ1n) is 23.8. The van der Waals surface area contributed by atoms with Crippen molar-refractivity contribution < 1.29 is 34.3 Å². The second-order valence-electron chi connectivity index (χ2n) is 18.9. The van der Waals surface area contributed by atoms with Crippen molar-refractivity contribution in [3.8, 4) is 0 Å². The van der Waals surface area contributed by atoms with Gasteiger partial charge in [0.2, 0.25) is 0 Å². The first-order chi connectivity index (χ1) is 26.1. The molecule has 56 heavy (non-hydrogen) atoms. The first-order valence-corrected chi connectivity index (χ1v) is 25.2. The monoisotopic (exact) mass is 831 g/mol. The first kappa shape index (κ1) is 59.7. The predicted molar refractivity (Wildman–Crippen MR) is 244 cm³/mol. The molecular weight excluding hydrogens is 732 g/mol. The van der Waals surface area contributed by atoms with Crippen molar-refractivity contribution in [2.75, 3.05) is 55.4 Å². The molecular formula is C49H99ClN2O3S. The van der Waals surface area contributed by atoms with Gasteiger partial charge < -0.3 is 25.9 Å². The van der Waals surface area contributed by atoms with Crippen LogP contribution >= 0.6 is 0 Å². The van der Waals surface area contributed by atoms with Gasteiger partial charge >= 0.3 is 0 Å². The van der Waals surface area contributed by atoms with Gasteiger partial charge in [0.05, 0.1) is 60.3 Å². The molecule has 0 unspecified atom stereocenters. The highest BCUT2D eigenvalue weighted by molar-refractivity contribution is 7.85. The van der Waals surface area contributed by atoms with E-state index in [0.717, 1.165) is 14.5 Å². The number of halogens is 1. The molecule has 0 spiro atoms. The molecule has 0 atom stereocenters. The van der Waals surface area contributed by atoms with Crippen LogP contribution in [0, 0.1) is 6.92 Å². The van der Waals surface area contributed by atoms with Crippen molar-refractivity contribution in [2.24, 2.45) is 0 Å². The largest absolute Gasteiger partial charge is 1.00 e. The Balaban J connectivity index is -0.000000790. The van der Waals surface area contributed by atoms with Crippen LogP contribution in [0.2, 0.25) is 0 Å². The van der Waals surface area contributed by atoms with Crippen LogP contribution in [0.5, 0.6) is 0 Å². The summed E-state index contributed by atoms with van der Waals surface area (Å²) in [5.41, 5.74) is 0.928. The summed E-state index contributed by atoms with van der Waals surface area (Å²) in [4.78, 5) is -0.178. The number of unbranched alkanes of at least 4 members (excludes halogenated alkanes) is 30. The summed E-state index contributed by atoms with van der Waals surface area (Å²) in [6.07, 6.45) is 46.7. The molecule has 336 valence electrons. The zero-order valence-electron chi connectivity index (χ0n) is 39.3. The molecule has 0 aromatic heterocycles. The third kappa shape index (κ3) is 51.4. The zero-order valence-corrected chi connectivity index (χ0v) is 40.8. The molecule has 0 heterocycles. The van der Waals surface area contributed by atoms with E-state index >= 15 is 0 Å². The number of benzene rings is 1. The minimum Gasteiger partial charge on any atom is -1.00 e. The molecule has 0 aliphatic carbocycles. The molecule has 0 radical (unpaired) electrons. The lowest BCUT2D eigenvalue weighted by Gasteiger charge is -2.23. The predicted octanol–water partition coefficient (Wildman–Crippen LogP) is 11.8. The fraction of sp³-hybridized carbons (Fsp3) is 0.878. The number of hydrogen-bond acceptors (Lipinski definition) is 3. The Labute approximate surface area is 359 Å². The Morgan fingerprint density at radius 2 is 0.589 bits per heavy atom. The lowest BCUT2D eigenvalue weighted by Crippen LogP contribution is -3.00. The lowest BCUT2D eigenvalue weighted by atomic mass is 10.0. The fourth-order valence-corrected chi connectivity index (χ4v) is 7.44. The summed E-state index contributed by atoms with van der Waals surface area (Å²) in [7, 11) is 9.51. The maximum Gasteiger partial charge on any atom is 0.124 e. The SMILES string of the molecule is CCCCCCCCCCCCCCCCCCCC[N+](C)(C)C.CCCCCCCCCCCCCCCC[N+](C)(C)C.Cc1ccc(S(=O)(=O)[O-])cc1.[Cl-]. The smallest absolute Gasteiger partial charge is 0.124 e. The molecule has 1 rings (SSSR count). The van der Waals surface area contributed by atoms with Crippen molar-refractivity contribution in [3.63, 3.8) is 0 Å². The van der Waals surface area contributed by atoms with Crippen LogP contribution in [0.25, 0.3) is 0 Å². The van der Waals surface area contributed by atoms with E-state index in [0.29, 0.717) is 0 Å². The van der Waals surface area contributed by atoms with Crippen LogP contribution in [0.1, 0.15) is 225 Å². The molecule has 7 heteroatoms. The molecule has 5 nitrogen and oxygen atoms in total. The van der Waals surface area contributed by atoms with E-state index in [2.05, 4.69) is 56.1 Å². The summed E-state index contributed by atoms with van der Waals surface area (Å²) in [5, 5.41) is 0. The lowest BCUT2D eigenvalue weighted by molar-refractivity contribution is -0.870. The minimum atomic E-state index is -4.27. The maximum atomic E-state index is 10.4. The Kier molecular flexibility index (Phi) is 43.8. The van der Waals surface area contributed by atoms with E-state index in [9.17, 15) is 13.0 Å². The molecule has 0 aliphatic rings. The third-order valence-corrected chi connectivity index (χ3v) is 11.5. The maximum absolute atomic E-state index is 10.4. The fourth-order valence-electron chi connectivity index (χ4n) is 6.97. The summed E-state index contributed by atoms with van der Waals surface area (Å²) >= 11 is 0. The zero-order chi connectivity index (χ0) is 41.5. The normalized spacial score (nSPS) is 11.7. The number of aryl methyl sites for hydroxylation is 1. The average Bonchev–Trinajstić information content (AvgIpc) is 3.11. The summed E-state index contributed by atoms with van der Waals surface area (Å²) in [6.45, 7) is 9.08. The van der Waals surface area contributed by atoms with Crippen molar-refractivity contribution >= 4 is 10.1 Å². The molecule has 1 aromatic rings. The van der Waals surface area contributed by atoms with Gasteiger partial charge in [-0.1, -0.05) is 211 Å². The quantitative estimate of drug-likeness (QED) is 0.0389. The molecule has 1 aromatic carbocycles. The number of quaternary nitrogens is 2. The molecule has 0 aliphatic heterocycles. The van der Waals surface area contributed by atoms with Gasteiger partial charge in [-0.2, -0.15) is 0 Å². The Morgan fingerprint density at radius 3 is 0.768 bits per heavy atom. The number of hydrogen-bond donors (Lipinski definition) is 0. The molecule has 0 fully saturated rings. The van der Waals surface area contributed by atoms with E-state index in [-0.39, 0.29) is 17.3 Å². The minimum absolute atomic E-state index is 0. The van der Waals surface area contributed by atoms with Crippen LogP contribution in [0.3, 0.4) is 0 Å². The Morgan fingerprint density at radius 1 is 0.393 bits per heavy atom. The molecule has 0 N–H and O–H groups in total. The topological polar surface area (TPSA) is 57.2 Å². The average molecular weight is 832 g/mol. The van der Waals surface area contributed by atoms with Crippen molar-refractivity contribution in [3.05, 3.63) is 29.8 Å². The molecule has 0 saturated heterocycles. The van der Waals surface area contributed by atoms with E-state index in [1.807, 2.05) is 6.92 Å². The summed E-state index contributed by atoms with van der Waals surface area (Å²) in [5.74, 6) is 0. The van der Waals surface area contributed by atoms with Crippen molar-refractivity contribution in [2.45, 2.75) is 231 Å². The highest BCUT2D eigenvalue weighted by atomic mass is 35.5. The van der Waals surface area contributed by atoms with E-state index in [4.69, 9.17) is 0 Å². The highest BCUT2D eigenvalue weighted by Crippen LogP contribution is 2.16. The van der Waals surface area contributed by atoms with Crippen molar-refractivity contribution in [1.82, 2.24) is 0 Å². The summed E-state index contributed by atoms with van der Waals surface area (Å²) in [6, 6.07) is 5.78. The van der Waals surface area contributed by atoms with Gasteiger partial charge in [-0.15, -0.1) is 0 Å². The van der Waals surface area contributed by atoms with Crippen LogP contribution in [-0.4, -0.2) is 77.3 Å². The van der Waals surface area contributed by atoms with E-state index < -0.39 is 10.1 Å². The van der Waals surface area contributed by atoms with Gasteiger partial charge in [0, 0.05) is 0 Å². The van der Waals surface area contributed by atoms with Crippen LogP contribution in [0.4, 0.5) is 0 Å². The molecule has 0 saturated carbocycles. The second-order valence-corrected chi connectivity index (χ2v) is 20.3. The molecule has 0 bridgehead atoms. The molecule has 0 amide bonds. The third-order valence-electron chi connectivity index (χ3n) is 10.7. The second kappa shape index (κ2) is 41.1. The number of rotatable bonds is 35. The van der Waals surface area contributed by atoms with Gasteiger partial charge in [-0.25, -0.2) is 8.42 Å². The van der Waals surface area contributed by atoms with Gasteiger partial charge in [0.25, 0.3) is 0 Å². The van der Waals surface area contributed by atoms with Gasteiger partial charge in [0.1, 0.15) is 10.1 Å². The number of nitrogens with zero attached hydrogens (tertiary/aromatic N) is 2. The van der Waals surface area contributed by atoms with Crippen molar-refractivity contribution in [1.29, 1.82) is 0 Å². The van der Waals surface area contributed by atoms with E-state index in [1.54, 1.807) is 12.1 Å². The van der Waals surface area contributed by atoms with Gasteiger partial charge in [-0.05, 0) is 44.7 Å². The Hall–Kier alpha value is -0.660. The van der Waals surface area contributed by atoms with Crippen LogP contribution < -0.4 is 12.4 Å². The summed E-state index contributed by atoms with van der Waals surface area (Å²) < 4.78 is 33.4. The standard InChI is InChI=1S/C23H50N.C19H42N.C7H8O3S.ClH/c1-5-6-7-8-9-10-11-12-13-14-15-16-17-18-19-20-21-22-23-24(2,3)4;1-5-6-7-8-9-10-11-12-13-14-15-16-17-18-19-20(2,3)4;1-6-2-4-7(5-3-6)11(8,9)10;/h5-23H2,1-4H3;5-19H2,1-4H3;2-5H,1H3,(H,8,9,10);1H/q2*+1;;/p-2.